The highest BCUT2D eigenvalue weighted by Gasteiger charge is 2.40. The molecule has 4 nitrogen and oxygen atoms in total. The van der Waals surface area contributed by atoms with Crippen molar-refractivity contribution >= 4 is 22.7 Å². The van der Waals surface area contributed by atoms with Crippen molar-refractivity contribution in [2.75, 3.05) is 16.8 Å². The highest BCUT2D eigenvalue weighted by molar-refractivity contribution is 5.75. The van der Waals surface area contributed by atoms with E-state index in [1.165, 1.54) is 39.1 Å². The number of hydrogen-bond donors (Lipinski definition) is 1. The van der Waals surface area contributed by atoms with Gasteiger partial charge in [-0.25, -0.2) is 9.97 Å². The zero-order valence-corrected chi connectivity index (χ0v) is 37.3. The number of allylic oxidation sites excluding steroid dienone is 15. The van der Waals surface area contributed by atoms with Gasteiger partial charge in [0.05, 0.1) is 5.69 Å². The lowest BCUT2D eigenvalue weighted by molar-refractivity contribution is 0.431. The van der Waals surface area contributed by atoms with Gasteiger partial charge in [-0.05, 0) is 84.6 Å². The molecular weight excluding hydrogens is 729 g/mol. The summed E-state index contributed by atoms with van der Waals surface area (Å²) in [5, 5.41) is 3.63. The minimum Gasteiger partial charge on any atom is -0.361 e. The SMILES string of the molecule is C=C/C(=C\C)c1nc(-c2ccccc2)cc(N2CC(C3CCC=C/C3=C/C)C3=C2CC(C2=C/C=C(\c4ccccc4)Cc4ccccc4N\C=C\2)C=C3)n1.CC.CC.CC. The van der Waals surface area contributed by atoms with Crippen molar-refractivity contribution in [3.63, 3.8) is 0 Å². The number of anilines is 2. The van der Waals surface area contributed by atoms with E-state index < -0.39 is 0 Å². The lowest BCUT2D eigenvalue weighted by Gasteiger charge is -2.29. The number of fused-ring (bicyclic) bond motifs is 1. The van der Waals surface area contributed by atoms with E-state index in [1.807, 2.05) is 60.6 Å². The molecule has 3 atom stereocenters. The van der Waals surface area contributed by atoms with Gasteiger partial charge in [0.2, 0.25) is 0 Å². The fourth-order valence-corrected chi connectivity index (χ4v) is 8.51. The number of nitrogens with one attached hydrogen (secondary N) is 1. The van der Waals surface area contributed by atoms with Gasteiger partial charge in [-0.2, -0.15) is 0 Å². The molecule has 2 aliphatic carbocycles. The van der Waals surface area contributed by atoms with Crippen LogP contribution in [0.5, 0.6) is 0 Å². The average Bonchev–Trinajstić information content (AvgIpc) is 3.72. The predicted molar refractivity (Wildman–Crippen MR) is 262 cm³/mol. The second-order valence-electron chi connectivity index (χ2n) is 14.4. The molecule has 0 spiro atoms. The van der Waals surface area contributed by atoms with E-state index >= 15 is 0 Å². The van der Waals surface area contributed by atoms with Gasteiger partial charge < -0.3 is 10.2 Å². The van der Waals surface area contributed by atoms with Gasteiger partial charge in [0.15, 0.2) is 5.82 Å². The van der Waals surface area contributed by atoms with E-state index in [2.05, 4.69) is 170 Å². The third-order valence-corrected chi connectivity index (χ3v) is 11.4. The highest BCUT2D eigenvalue weighted by Crippen LogP contribution is 2.47. The largest absolute Gasteiger partial charge is 0.361 e. The summed E-state index contributed by atoms with van der Waals surface area (Å²) in [6.45, 7) is 21.2. The molecule has 3 unspecified atom stereocenters. The first-order valence-corrected chi connectivity index (χ1v) is 22.4. The molecule has 2 aliphatic heterocycles. The zero-order valence-electron chi connectivity index (χ0n) is 37.3. The van der Waals surface area contributed by atoms with Crippen LogP contribution in [0.4, 0.5) is 11.5 Å². The Hall–Kier alpha value is -6.00. The smallest absolute Gasteiger partial charge is 0.161 e. The van der Waals surface area contributed by atoms with E-state index in [9.17, 15) is 0 Å². The average molecular weight is 795 g/mol. The number of aromatic nitrogens is 2. The van der Waals surface area contributed by atoms with Crippen LogP contribution < -0.4 is 10.2 Å². The van der Waals surface area contributed by atoms with Gasteiger partial charge in [-0.1, -0.05) is 182 Å². The Morgan fingerprint density at radius 3 is 2.18 bits per heavy atom. The quantitative estimate of drug-likeness (QED) is 0.189. The highest BCUT2D eigenvalue weighted by atomic mass is 15.2. The van der Waals surface area contributed by atoms with Crippen molar-refractivity contribution in [1.82, 2.24) is 9.97 Å². The topological polar surface area (TPSA) is 41.1 Å². The Labute approximate surface area is 362 Å². The van der Waals surface area contributed by atoms with Gasteiger partial charge in [0.1, 0.15) is 5.82 Å². The van der Waals surface area contributed by atoms with Crippen molar-refractivity contribution in [1.29, 1.82) is 0 Å². The molecule has 0 bridgehead atoms. The normalized spacial score (nSPS) is 22.3. The van der Waals surface area contributed by atoms with Gasteiger partial charge in [0.25, 0.3) is 0 Å². The molecular formula is C56H66N4. The molecule has 8 rings (SSSR count). The summed E-state index contributed by atoms with van der Waals surface area (Å²) >= 11 is 0. The van der Waals surface area contributed by atoms with Crippen molar-refractivity contribution in [2.45, 2.75) is 81.1 Å². The first-order chi connectivity index (χ1) is 29.6. The molecule has 0 saturated carbocycles. The Kier molecular flexibility index (Phi) is 17.3. The predicted octanol–water partition coefficient (Wildman–Crippen LogP) is 15.2. The standard InChI is InChI=1S/C50H48N4.3C2H6/c1-4-35(5-2)50-52-47(39-20-11-8-12-21-39)33-49(53-50)54-34-45(43-23-15-13-17-36(43)6-3)44-28-27-41(32-48(44)54)38-25-26-40(37-18-9-7-10-19-37)31-42-22-14-16-24-46(42)51-30-29-38;3*1-2/h4-14,16-22,24-30,33,41,43,45,51H,1,15,23,31-32,34H2,2-3H3;3*1-2H3/b30-29+,35-5+,36-6-,38-25+,40-26-;;;. The number of para-hydroxylation sites is 1. The maximum absolute atomic E-state index is 5.29. The maximum atomic E-state index is 5.29. The summed E-state index contributed by atoms with van der Waals surface area (Å²) in [5.74, 6) is 2.66. The van der Waals surface area contributed by atoms with E-state index in [0.717, 1.165) is 60.6 Å². The molecule has 1 N–H and O–H groups in total. The van der Waals surface area contributed by atoms with E-state index in [4.69, 9.17) is 9.97 Å². The lowest BCUT2D eigenvalue weighted by Crippen LogP contribution is -2.28. The Balaban J connectivity index is 0.00000109. The van der Waals surface area contributed by atoms with Crippen molar-refractivity contribution in [2.24, 2.45) is 17.8 Å². The molecule has 4 aromatic rings. The van der Waals surface area contributed by atoms with Crippen LogP contribution in [0.25, 0.3) is 22.4 Å². The van der Waals surface area contributed by atoms with Crippen LogP contribution >= 0.6 is 0 Å². The minimum absolute atomic E-state index is 0.188. The van der Waals surface area contributed by atoms with Gasteiger partial charge in [0, 0.05) is 59.6 Å². The lowest BCUT2D eigenvalue weighted by atomic mass is 9.75. The van der Waals surface area contributed by atoms with E-state index in [-0.39, 0.29) is 5.92 Å². The minimum atomic E-state index is 0.188. The number of nitrogens with zero attached hydrogens (tertiary/aromatic N) is 3. The number of rotatable bonds is 7. The van der Waals surface area contributed by atoms with E-state index in [0.29, 0.717) is 17.7 Å². The first-order valence-electron chi connectivity index (χ1n) is 22.4. The molecule has 0 radical (unpaired) electrons. The van der Waals surface area contributed by atoms with Crippen LogP contribution in [0, 0.1) is 17.8 Å². The third-order valence-electron chi connectivity index (χ3n) is 11.4. The maximum Gasteiger partial charge on any atom is 0.161 e. The van der Waals surface area contributed by atoms with Crippen LogP contribution in [0.15, 0.2) is 187 Å². The second kappa shape index (κ2) is 23.0. The van der Waals surface area contributed by atoms with E-state index in [1.54, 1.807) is 0 Å². The molecule has 4 aliphatic rings. The molecule has 60 heavy (non-hydrogen) atoms. The molecule has 4 heteroatoms. The first kappa shape index (κ1) is 45.1. The summed E-state index contributed by atoms with van der Waals surface area (Å²) in [4.78, 5) is 12.9. The summed E-state index contributed by atoms with van der Waals surface area (Å²) in [6.07, 6.45) is 28.9. The Bertz CT molecular complexity index is 2280. The van der Waals surface area contributed by atoms with Gasteiger partial charge >= 0.3 is 0 Å². The van der Waals surface area contributed by atoms with Gasteiger partial charge in [-0.15, -0.1) is 0 Å². The Morgan fingerprint density at radius 2 is 1.48 bits per heavy atom. The van der Waals surface area contributed by atoms with Crippen LogP contribution in [0.3, 0.4) is 0 Å². The summed E-state index contributed by atoms with van der Waals surface area (Å²) < 4.78 is 0. The molecule has 0 fully saturated rings. The van der Waals surface area contributed by atoms with Crippen LogP contribution in [0.1, 0.15) is 91.6 Å². The van der Waals surface area contributed by atoms with Crippen molar-refractivity contribution in [3.8, 4) is 11.3 Å². The van der Waals surface area contributed by atoms with Crippen LogP contribution in [-0.4, -0.2) is 16.5 Å². The van der Waals surface area contributed by atoms with Crippen LogP contribution in [-0.2, 0) is 6.42 Å². The molecule has 0 saturated heterocycles. The van der Waals surface area contributed by atoms with Gasteiger partial charge in [-0.3, -0.25) is 0 Å². The third kappa shape index (κ3) is 10.4. The number of benzene rings is 3. The molecule has 3 aromatic carbocycles. The molecule has 310 valence electrons. The number of hydrogen-bond acceptors (Lipinski definition) is 4. The summed E-state index contributed by atoms with van der Waals surface area (Å²) in [5.41, 5.74) is 13.4. The molecule has 0 amide bonds. The van der Waals surface area contributed by atoms with Crippen molar-refractivity contribution < 1.29 is 0 Å². The fraction of sp³-hybridized carbons (Fsp3) is 0.286. The zero-order chi connectivity index (χ0) is 42.9. The van der Waals surface area contributed by atoms with Crippen LogP contribution in [0.2, 0.25) is 0 Å². The Morgan fingerprint density at radius 1 is 0.783 bits per heavy atom. The summed E-state index contributed by atoms with van der Waals surface area (Å²) in [7, 11) is 0. The summed E-state index contributed by atoms with van der Waals surface area (Å²) in [6, 6.07) is 32.1. The fourth-order valence-electron chi connectivity index (χ4n) is 8.51. The molecule has 3 heterocycles. The monoisotopic (exact) mass is 795 g/mol. The second-order valence-corrected chi connectivity index (χ2v) is 14.4. The van der Waals surface area contributed by atoms with Crippen molar-refractivity contribution in [3.05, 3.63) is 204 Å². The molecule has 1 aromatic heterocycles.